The molecule has 0 saturated carbocycles. The van der Waals surface area contributed by atoms with Crippen molar-refractivity contribution in [3.05, 3.63) is 59.2 Å². The van der Waals surface area contributed by atoms with Gasteiger partial charge < -0.3 is 50.2 Å². The Morgan fingerprint density at radius 2 is 1.78 bits per heavy atom. The van der Waals surface area contributed by atoms with E-state index in [4.69, 9.17) is 19.3 Å². The number of phenolic OH excluding ortho intramolecular Hbond substituents is 1. The number of carboxylic acid groups (broad SMARTS) is 1. The van der Waals surface area contributed by atoms with E-state index in [1.807, 2.05) is 31.2 Å². The van der Waals surface area contributed by atoms with Crippen molar-refractivity contribution in [2.45, 2.75) is 62.8 Å². The summed E-state index contributed by atoms with van der Waals surface area (Å²) in [7, 11) is 1.61. The lowest BCUT2D eigenvalue weighted by molar-refractivity contribution is -0.297. The maximum Gasteiger partial charge on any atom is 0.335 e. The third-order valence-corrected chi connectivity index (χ3v) is 6.07. The molecule has 198 valence electrons. The Labute approximate surface area is 208 Å². The number of hydrogen-bond acceptors (Lipinski definition) is 10. The van der Waals surface area contributed by atoms with Crippen molar-refractivity contribution in [2.24, 2.45) is 0 Å². The van der Waals surface area contributed by atoms with Gasteiger partial charge in [0.25, 0.3) is 0 Å². The second kappa shape index (κ2) is 12.5. The molecule has 2 aromatic rings. The molecule has 0 spiro atoms. The van der Waals surface area contributed by atoms with Gasteiger partial charge in [-0.05, 0) is 48.7 Å². The van der Waals surface area contributed by atoms with E-state index in [1.165, 1.54) is 12.1 Å². The van der Waals surface area contributed by atoms with Crippen LogP contribution < -0.4 is 10.1 Å². The number of benzene rings is 2. The van der Waals surface area contributed by atoms with Crippen LogP contribution in [0.25, 0.3) is 0 Å². The average molecular weight is 508 g/mol. The highest BCUT2D eigenvalue weighted by Gasteiger charge is 2.47. The van der Waals surface area contributed by atoms with Gasteiger partial charge in [0.1, 0.15) is 29.8 Å². The van der Waals surface area contributed by atoms with E-state index in [1.54, 1.807) is 13.2 Å². The molecule has 7 atom stereocenters. The second-order valence-corrected chi connectivity index (χ2v) is 8.81. The fourth-order valence-corrected chi connectivity index (χ4v) is 3.91. The topological polar surface area (TPSA) is 178 Å². The molecule has 0 radical (unpaired) electrons. The Kier molecular flexibility index (Phi) is 9.63. The summed E-state index contributed by atoms with van der Waals surface area (Å²) >= 11 is 0. The van der Waals surface area contributed by atoms with Crippen molar-refractivity contribution in [2.75, 3.05) is 13.7 Å². The first-order chi connectivity index (χ1) is 17.1. The van der Waals surface area contributed by atoms with E-state index in [-0.39, 0.29) is 30.5 Å². The zero-order valence-electron chi connectivity index (χ0n) is 20.0. The predicted octanol–water partition coefficient (Wildman–Crippen LogP) is 0.0638. The van der Waals surface area contributed by atoms with Crippen LogP contribution in [0, 0.1) is 0 Å². The summed E-state index contributed by atoms with van der Waals surface area (Å²) in [6, 6.07) is 12.3. The van der Waals surface area contributed by atoms with E-state index in [2.05, 4.69) is 5.32 Å². The summed E-state index contributed by atoms with van der Waals surface area (Å²) in [5.74, 6) is -0.891. The molecule has 2 unspecified atom stereocenters. The summed E-state index contributed by atoms with van der Waals surface area (Å²) in [6.45, 7) is 1.93. The Morgan fingerprint density at radius 3 is 2.42 bits per heavy atom. The van der Waals surface area contributed by atoms with Crippen molar-refractivity contribution in [1.29, 1.82) is 0 Å². The molecular formula is C25H33NO10. The van der Waals surface area contributed by atoms with Crippen LogP contribution in [0.5, 0.6) is 11.5 Å². The van der Waals surface area contributed by atoms with Crippen LogP contribution in [0.15, 0.2) is 42.5 Å². The molecule has 2 aromatic carbocycles. The molecule has 11 nitrogen and oxygen atoms in total. The molecule has 1 saturated heterocycles. The van der Waals surface area contributed by atoms with Gasteiger partial charge in [-0.3, -0.25) is 0 Å². The minimum Gasteiger partial charge on any atom is -0.508 e. The van der Waals surface area contributed by atoms with Crippen molar-refractivity contribution < 1.29 is 49.6 Å². The molecule has 36 heavy (non-hydrogen) atoms. The number of methoxy groups -OCH3 is 1. The highest BCUT2D eigenvalue weighted by molar-refractivity contribution is 5.73. The molecule has 1 heterocycles. The number of ether oxygens (including phenoxy) is 3. The van der Waals surface area contributed by atoms with Gasteiger partial charge >= 0.3 is 5.97 Å². The summed E-state index contributed by atoms with van der Waals surface area (Å²) in [5.41, 5.74) is 1.87. The van der Waals surface area contributed by atoms with Gasteiger partial charge in [-0.15, -0.1) is 0 Å². The number of rotatable bonds is 11. The fraction of sp³-hybridized carbons (Fsp3) is 0.480. The van der Waals surface area contributed by atoms with E-state index in [0.29, 0.717) is 5.56 Å². The fourth-order valence-electron chi connectivity index (χ4n) is 3.91. The molecule has 1 aliphatic heterocycles. The quantitative estimate of drug-likeness (QED) is 0.219. The lowest BCUT2D eigenvalue weighted by atomic mass is 9.99. The molecular weight excluding hydrogens is 474 g/mol. The van der Waals surface area contributed by atoms with Crippen molar-refractivity contribution in [3.63, 3.8) is 0 Å². The van der Waals surface area contributed by atoms with Crippen LogP contribution in [0.4, 0.5) is 0 Å². The van der Waals surface area contributed by atoms with Gasteiger partial charge in [-0.2, -0.15) is 0 Å². The highest BCUT2D eigenvalue weighted by atomic mass is 16.7. The zero-order valence-corrected chi connectivity index (χ0v) is 20.0. The van der Waals surface area contributed by atoms with Gasteiger partial charge in [-0.1, -0.05) is 18.2 Å². The third kappa shape index (κ3) is 6.92. The van der Waals surface area contributed by atoms with Gasteiger partial charge in [0.05, 0.1) is 19.8 Å². The maximum absolute atomic E-state index is 11.2. The van der Waals surface area contributed by atoms with Crippen LogP contribution in [-0.2, 0) is 27.3 Å². The Balaban J connectivity index is 1.56. The van der Waals surface area contributed by atoms with Gasteiger partial charge in [-0.25, -0.2) is 4.79 Å². The van der Waals surface area contributed by atoms with Crippen LogP contribution >= 0.6 is 0 Å². The van der Waals surface area contributed by atoms with Crippen LogP contribution in [-0.4, -0.2) is 87.0 Å². The molecule has 7 N–H and O–H groups in total. The number of aliphatic hydroxyl groups excluding tert-OH is 4. The molecule has 0 bridgehead atoms. The minimum atomic E-state index is -1.83. The number of phenols is 1. The smallest absolute Gasteiger partial charge is 0.335 e. The van der Waals surface area contributed by atoms with E-state index >= 15 is 0 Å². The normalized spacial score (nSPS) is 25.8. The molecule has 1 fully saturated rings. The third-order valence-electron chi connectivity index (χ3n) is 6.07. The van der Waals surface area contributed by atoms with Gasteiger partial charge in [0, 0.05) is 18.2 Å². The standard InChI is InChI=1S/C25H33NO10/c1-13(9-14-3-6-17(34-2)7-4-14)26-11-19(28)15-5-8-18(27)16(10-15)12-35-25-22(31)20(29)21(30)23(36-25)24(32)33/h3-8,10,13,19-23,25-31H,9,11-12H2,1-2H3,(H,32,33)/t13?,19?,20-,21-,22+,23-,25+/m0/s1. The van der Waals surface area contributed by atoms with Gasteiger partial charge in [0.2, 0.25) is 0 Å². The number of carboxylic acids is 1. The number of aliphatic hydroxyl groups is 4. The Morgan fingerprint density at radius 1 is 1.08 bits per heavy atom. The minimum absolute atomic E-state index is 0.0712. The second-order valence-electron chi connectivity index (χ2n) is 8.81. The monoisotopic (exact) mass is 507 g/mol. The van der Waals surface area contributed by atoms with Crippen LogP contribution in [0.3, 0.4) is 0 Å². The molecule has 0 amide bonds. The highest BCUT2D eigenvalue weighted by Crippen LogP contribution is 2.27. The summed E-state index contributed by atoms with van der Waals surface area (Å²) in [5, 5.41) is 63.0. The lowest BCUT2D eigenvalue weighted by Crippen LogP contribution is -2.60. The van der Waals surface area contributed by atoms with E-state index < -0.39 is 42.8 Å². The first kappa shape index (κ1) is 27.8. The largest absolute Gasteiger partial charge is 0.508 e. The molecule has 0 aromatic heterocycles. The summed E-state index contributed by atoms with van der Waals surface area (Å²) < 4.78 is 15.6. The first-order valence-corrected chi connectivity index (χ1v) is 11.5. The van der Waals surface area contributed by atoms with Crippen molar-refractivity contribution in [1.82, 2.24) is 5.32 Å². The van der Waals surface area contributed by atoms with Crippen LogP contribution in [0.1, 0.15) is 29.7 Å². The first-order valence-electron chi connectivity index (χ1n) is 11.5. The van der Waals surface area contributed by atoms with Crippen molar-refractivity contribution in [3.8, 4) is 11.5 Å². The molecule has 0 aliphatic carbocycles. The number of carbonyl (C=O) groups is 1. The number of hydrogen-bond donors (Lipinski definition) is 7. The number of aliphatic carboxylic acids is 1. The Hall–Kier alpha value is -2.77. The van der Waals surface area contributed by atoms with Crippen LogP contribution in [0.2, 0.25) is 0 Å². The lowest BCUT2D eigenvalue weighted by Gasteiger charge is -2.38. The molecule has 1 aliphatic rings. The summed E-state index contributed by atoms with van der Waals surface area (Å²) in [4.78, 5) is 11.2. The predicted molar refractivity (Wildman–Crippen MR) is 126 cm³/mol. The average Bonchev–Trinajstić information content (AvgIpc) is 2.86. The SMILES string of the molecule is COc1ccc(CC(C)NCC(O)c2ccc(O)c(CO[C@@H]3O[C@H](C(=O)O)[C@@H](O)[C@H](O)[C@H]3O)c2)cc1. The molecule has 3 rings (SSSR count). The number of nitrogens with one attached hydrogen (secondary N) is 1. The van der Waals surface area contributed by atoms with Crippen molar-refractivity contribution >= 4 is 5.97 Å². The summed E-state index contributed by atoms with van der Waals surface area (Å²) in [6.07, 6.45) is -8.83. The molecule has 11 heteroatoms. The van der Waals surface area contributed by atoms with Gasteiger partial charge in [0.15, 0.2) is 12.4 Å². The number of aromatic hydroxyl groups is 1. The van der Waals surface area contributed by atoms with E-state index in [0.717, 1.165) is 17.7 Å². The zero-order chi connectivity index (χ0) is 26.4. The maximum atomic E-state index is 11.2. The van der Waals surface area contributed by atoms with E-state index in [9.17, 15) is 30.3 Å². The Bertz CT molecular complexity index is 1000.